The van der Waals surface area contributed by atoms with Crippen LogP contribution in [-0.4, -0.2) is 33.0 Å². The molecule has 4 heteroatoms. The van der Waals surface area contributed by atoms with Crippen LogP contribution in [0.15, 0.2) is 18.5 Å². The number of hydrogen-bond donors (Lipinski definition) is 1. The molecule has 0 amide bonds. The number of hydrogen-bond acceptors (Lipinski definition) is 3. The fourth-order valence-electron chi connectivity index (χ4n) is 0.859. The lowest BCUT2D eigenvalue weighted by atomic mass is 10.5. The molecule has 0 atom stereocenters. The van der Waals surface area contributed by atoms with Crippen molar-refractivity contribution in [1.82, 2.24) is 9.78 Å². The normalized spacial score (nSPS) is 10.4. The van der Waals surface area contributed by atoms with Gasteiger partial charge < -0.3 is 5.11 Å². The first-order valence-corrected chi connectivity index (χ1v) is 5.25. The van der Waals surface area contributed by atoms with E-state index in [1.54, 1.807) is 6.20 Å². The average Bonchev–Trinajstić information content (AvgIpc) is 2.57. The molecule has 0 unspecified atom stereocenters. The van der Waals surface area contributed by atoms with Gasteiger partial charge in [0.2, 0.25) is 0 Å². The van der Waals surface area contributed by atoms with Crippen LogP contribution in [0.2, 0.25) is 0 Å². The molecular formula is C8H14N2OS. The van der Waals surface area contributed by atoms with Gasteiger partial charge in [0.1, 0.15) is 0 Å². The highest BCUT2D eigenvalue weighted by atomic mass is 32.2. The van der Waals surface area contributed by atoms with Gasteiger partial charge in [-0.3, -0.25) is 4.68 Å². The number of aliphatic hydroxyl groups is 1. The number of aryl methyl sites for hydroxylation is 1. The molecule has 3 nitrogen and oxygen atoms in total. The Morgan fingerprint density at radius 2 is 2.33 bits per heavy atom. The van der Waals surface area contributed by atoms with Crippen LogP contribution in [0.3, 0.4) is 0 Å². The average molecular weight is 186 g/mol. The fourth-order valence-corrected chi connectivity index (χ4v) is 1.71. The number of aromatic nitrogens is 2. The standard InChI is InChI=1S/C8H14N2OS/c11-6-2-7-12-8-5-10-4-1-3-9-10/h1,3-4,11H,2,5-8H2. The molecule has 0 aliphatic heterocycles. The van der Waals surface area contributed by atoms with E-state index in [2.05, 4.69) is 5.10 Å². The second-order valence-electron chi connectivity index (χ2n) is 2.46. The Labute approximate surface area is 76.8 Å². The number of rotatable bonds is 6. The predicted molar refractivity (Wildman–Crippen MR) is 51.3 cm³/mol. The summed E-state index contributed by atoms with van der Waals surface area (Å²) in [4.78, 5) is 0. The van der Waals surface area contributed by atoms with Crippen LogP contribution in [0.25, 0.3) is 0 Å². The van der Waals surface area contributed by atoms with Gasteiger partial charge in [-0.25, -0.2) is 0 Å². The van der Waals surface area contributed by atoms with E-state index in [1.165, 1.54) is 0 Å². The lowest BCUT2D eigenvalue weighted by Crippen LogP contribution is -2.01. The molecule has 0 saturated heterocycles. The molecule has 1 aromatic heterocycles. The van der Waals surface area contributed by atoms with Gasteiger partial charge in [0, 0.05) is 31.3 Å². The first-order chi connectivity index (χ1) is 5.93. The molecule has 0 saturated carbocycles. The Morgan fingerprint density at radius 1 is 1.42 bits per heavy atom. The Balaban J connectivity index is 1.96. The van der Waals surface area contributed by atoms with Gasteiger partial charge in [-0.15, -0.1) is 0 Å². The minimum Gasteiger partial charge on any atom is -0.396 e. The molecule has 0 aliphatic rings. The Hall–Kier alpha value is -0.480. The highest BCUT2D eigenvalue weighted by Crippen LogP contribution is 2.02. The molecule has 12 heavy (non-hydrogen) atoms. The number of thioether (sulfide) groups is 1. The van der Waals surface area contributed by atoms with Crippen molar-refractivity contribution in [2.45, 2.75) is 13.0 Å². The molecule has 0 spiro atoms. The summed E-state index contributed by atoms with van der Waals surface area (Å²) >= 11 is 1.86. The monoisotopic (exact) mass is 186 g/mol. The summed E-state index contributed by atoms with van der Waals surface area (Å²) in [5.74, 6) is 2.11. The number of aliphatic hydroxyl groups excluding tert-OH is 1. The van der Waals surface area contributed by atoms with Crippen LogP contribution in [-0.2, 0) is 6.54 Å². The topological polar surface area (TPSA) is 38.0 Å². The summed E-state index contributed by atoms with van der Waals surface area (Å²) in [6.45, 7) is 1.26. The van der Waals surface area contributed by atoms with Crippen molar-refractivity contribution >= 4 is 11.8 Å². The highest BCUT2D eigenvalue weighted by molar-refractivity contribution is 7.99. The summed E-state index contributed by atoms with van der Waals surface area (Å²) in [5, 5.41) is 12.6. The van der Waals surface area contributed by atoms with Crippen LogP contribution < -0.4 is 0 Å². The van der Waals surface area contributed by atoms with E-state index in [0.29, 0.717) is 6.61 Å². The van der Waals surface area contributed by atoms with E-state index in [-0.39, 0.29) is 0 Å². The fraction of sp³-hybridized carbons (Fsp3) is 0.625. The third-order valence-electron chi connectivity index (χ3n) is 1.47. The largest absolute Gasteiger partial charge is 0.396 e. The maximum Gasteiger partial charge on any atom is 0.0499 e. The van der Waals surface area contributed by atoms with Crippen LogP contribution in [0.4, 0.5) is 0 Å². The minimum absolute atomic E-state index is 0.300. The lowest BCUT2D eigenvalue weighted by Gasteiger charge is -2.00. The molecular weight excluding hydrogens is 172 g/mol. The molecule has 0 bridgehead atoms. The van der Waals surface area contributed by atoms with E-state index in [1.807, 2.05) is 28.7 Å². The molecule has 1 N–H and O–H groups in total. The van der Waals surface area contributed by atoms with Crippen molar-refractivity contribution in [3.8, 4) is 0 Å². The van der Waals surface area contributed by atoms with E-state index in [0.717, 1.165) is 24.5 Å². The molecule has 1 rings (SSSR count). The maximum absolute atomic E-state index is 8.52. The van der Waals surface area contributed by atoms with Gasteiger partial charge in [0.05, 0.1) is 0 Å². The van der Waals surface area contributed by atoms with Crippen molar-refractivity contribution in [2.24, 2.45) is 0 Å². The molecule has 0 aromatic carbocycles. The lowest BCUT2D eigenvalue weighted by molar-refractivity contribution is 0.296. The first-order valence-electron chi connectivity index (χ1n) is 4.09. The van der Waals surface area contributed by atoms with E-state index in [4.69, 9.17) is 5.11 Å². The summed E-state index contributed by atoms with van der Waals surface area (Å²) < 4.78 is 1.92. The van der Waals surface area contributed by atoms with Crippen LogP contribution in [0.1, 0.15) is 6.42 Å². The molecule has 68 valence electrons. The third kappa shape index (κ3) is 3.78. The van der Waals surface area contributed by atoms with Crippen LogP contribution >= 0.6 is 11.8 Å². The predicted octanol–water partition coefficient (Wildman–Crippen LogP) is 0.999. The third-order valence-corrected chi connectivity index (χ3v) is 2.52. The molecule has 0 fully saturated rings. The molecule has 0 radical (unpaired) electrons. The smallest absolute Gasteiger partial charge is 0.0499 e. The van der Waals surface area contributed by atoms with E-state index in [9.17, 15) is 0 Å². The Morgan fingerprint density at radius 3 is 3.00 bits per heavy atom. The maximum atomic E-state index is 8.52. The van der Waals surface area contributed by atoms with Gasteiger partial charge in [-0.1, -0.05) is 0 Å². The first kappa shape index (κ1) is 9.61. The van der Waals surface area contributed by atoms with Gasteiger partial charge in [-0.05, 0) is 18.2 Å². The summed E-state index contributed by atoms with van der Waals surface area (Å²) in [6, 6.07) is 1.93. The summed E-state index contributed by atoms with van der Waals surface area (Å²) in [5.41, 5.74) is 0. The van der Waals surface area contributed by atoms with E-state index < -0.39 is 0 Å². The van der Waals surface area contributed by atoms with Gasteiger partial charge in [0.25, 0.3) is 0 Å². The van der Waals surface area contributed by atoms with Crippen molar-refractivity contribution in [1.29, 1.82) is 0 Å². The SMILES string of the molecule is OCCCSCCn1cccn1. The molecule has 1 heterocycles. The quantitative estimate of drug-likeness (QED) is 0.673. The molecule has 0 aliphatic carbocycles. The van der Waals surface area contributed by atoms with Crippen molar-refractivity contribution in [3.05, 3.63) is 18.5 Å². The zero-order valence-corrected chi connectivity index (χ0v) is 7.83. The zero-order valence-electron chi connectivity index (χ0n) is 7.02. The van der Waals surface area contributed by atoms with Gasteiger partial charge in [0.15, 0.2) is 0 Å². The van der Waals surface area contributed by atoms with Gasteiger partial charge >= 0.3 is 0 Å². The summed E-state index contributed by atoms with van der Waals surface area (Å²) in [7, 11) is 0. The Bertz CT molecular complexity index is 189. The van der Waals surface area contributed by atoms with Crippen molar-refractivity contribution in [2.75, 3.05) is 18.1 Å². The van der Waals surface area contributed by atoms with Crippen LogP contribution in [0, 0.1) is 0 Å². The van der Waals surface area contributed by atoms with Crippen LogP contribution in [0.5, 0.6) is 0 Å². The molecule has 1 aromatic rings. The Kier molecular flexibility index (Phi) is 4.87. The zero-order chi connectivity index (χ0) is 8.65. The highest BCUT2D eigenvalue weighted by Gasteiger charge is 1.91. The van der Waals surface area contributed by atoms with Crippen molar-refractivity contribution in [3.63, 3.8) is 0 Å². The minimum atomic E-state index is 0.300. The van der Waals surface area contributed by atoms with Gasteiger partial charge in [-0.2, -0.15) is 16.9 Å². The summed E-state index contributed by atoms with van der Waals surface area (Å²) in [6.07, 6.45) is 4.65. The van der Waals surface area contributed by atoms with E-state index >= 15 is 0 Å². The second kappa shape index (κ2) is 6.08. The number of nitrogens with zero attached hydrogens (tertiary/aromatic N) is 2. The van der Waals surface area contributed by atoms with Crippen molar-refractivity contribution < 1.29 is 5.11 Å². The second-order valence-corrected chi connectivity index (χ2v) is 3.68.